The maximum absolute atomic E-state index is 5.21. The second-order valence-corrected chi connectivity index (χ2v) is 5.28. The first kappa shape index (κ1) is 12.3. The fourth-order valence-corrected chi connectivity index (χ4v) is 3.01. The largest absolute Gasteiger partial charge is 0.497 e. The maximum atomic E-state index is 5.21. The minimum Gasteiger partial charge on any atom is -0.497 e. The van der Waals surface area contributed by atoms with Crippen molar-refractivity contribution in [2.24, 2.45) is 0 Å². The topological polar surface area (TPSA) is 21.3 Å². The lowest BCUT2D eigenvalue weighted by molar-refractivity contribution is 0.414. The minimum atomic E-state index is 0.927. The lowest BCUT2D eigenvalue weighted by Gasteiger charge is -2.27. The van der Waals surface area contributed by atoms with E-state index in [1.165, 1.54) is 36.9 Å². The zero-order chi connectivity index (χ0) is 13.1. The molecule has 2 aliphatic rings. The van der Waals surface area contributed by atoms with Gasteiger partial charge in [0.25, 0.3) is 0 Å². The highest BCUT2D eigenvalue weighted by Crippen LogP contribution is 2.32. The third kappa shape index (κ3) is 2.67. The van der Waals surface area contributed by atoms with Crippen molar-refractivity contribution in [3.05, 3.63) is 52.7 Å². The highest BCUT2D eigenvalue weighted by atomic mass is 16.5. The molecule has 0 aromatic heterocycles. The molecule has 19 heavy (non-hydrogen) atoms. The van der Waals surface area contributed by atoms with E-state index in [1.807, 2.05) is 12.1 Å². The predicted molar refractivity (Wildman–Crippen MR) is 78.3 cm³/mol. The van der Waals surface area contributed by atoms with Crippen LogP contribution in [0.3, 0.4) is 0 Å². The maximum Gasteiger partial charge on any atom is 0.118 e. The van der Waals surface area contributed by atoms with Gasteiger partial charge in [0, 0.05) is 18.7 Å². The Bertz CT molecular complexity index is 511. The van der Waals surface area contributed by atoms with Gasteiger partial charge >= 0.3 is 0 Å². The molecule has 0 saturated heterocycles. The van der Waals surface area contributed by atoms with Crippen LogP contribution in [0, 0.1) is 0 Å². The van der Waals surface area contributed by atoms with Gasteiger partial charge in [-0.25, -0.2) is 0 Å². The Hall–Kier alpha value is -1.70. The van der Waals surface area contributed by atoms with E-state index >= 15 is 0 Å². The van der Waals surface area contributed by atoms with E-state index in [1.54, 1.807) is 18.3 Å². The summed E-state index contributed by atoms with van der Waals surface area (Å²) in [5.74, 6) is 0.927. The van der Waals surface area contributed by atoms with Gasteiger partial charge in [0.05, 0.1) is 7.11 Å². The zero-order valence-corrected chi connectivity index (χ0v) is 11.5. The summed E-state index contributed by atoms with van der Waals surface area (Å²) in [4.78, 5) is 0. The molecule has 0 fully saturated rings. The molecule has 0 unspecified atom stereocenters. The molecule has 1 aromatic rings. The van der Waals surface area contributed by atoms with Crippen LogP contribution in [0.1, 0.15) is 31.2 Å². The highest BCUT2D eigenvalue weighted by Gasteiger charge is 2.19. The fraction of sp³-hybridized carbons (Fsp3) is 0.412. The molecule has 3 rings (SSSR count). The summed E-state index contributed by atoms with van der Waals surface area (Å²) in [6.45, 7) is 1.08. The number of hydrogen-bond acceptors (Lipinski definition) is 2. The van der Waals surface area contributed by atoms with Crippen LogP contribution >= 0.6 is 0 Å². The van der Waals surface area contributed by atoms with Gasteiger partial charge in [-0.3, -0.25) is 0 Å². The Kier molecular flexibility index (Phi) is 3.58. The Morgan fingerprint density at radius 1 is 1.16 bits per heavy atom. The smallest absolute Gasteiger partial charge is 0.118 e. The van der Waals surface area contributed by atoms with E-state index in [0.717, 1.165) is 18.7 Å². The summed E-state index contributed by atoms with van der Waals surface area (Å²) in [7, 11) is 1.71. The molecule has 100 valence electrons. The van der Waals surface area contributed by atoms with Crippen LogP contribution in [0.25, 0.3) is 0 Å². The molecule has 1 aromatic carbocycles. The SMILES string of the molecule is COc1ccc(CC2=C3CCCC=C3CCN2)cc1. The van der Waals surface area contributed by atoms with Crippen molar-refractivity contribution in [3.8, 4) is 5.75 Å². The van der Waals surface area contributed by atoms with Gasteiger partial charge in [0.2, 0.25) is 0 Å². The Morgan fingerprint density at radius 3 is 2.79 bits per heavy atom. The Balaban J connectivity index is 1.82. The molecule has 0 saturated carbocycles. The zero-order valence-electron chi connectivity index (χ0n) is 11.5. The molecular formula is C17H21NO. The molecule has 0 radical (unpaired) electrons. The van der Waals surface area contributed by atoms with E-state index in [2.05, 4.69) is 23.5 Å². The molecule has 1 aliphatic carbocycles. The summed E-state index contributed by atoms with van der Waals surface area (Å²) in [5, 5.41) is 3.60. The van der Waals surface area contributed by atoms with Crippen molar-refractivity contribution in [1.82, 2.24) is 5.32 Å². The van der Waals surface area contributed by atoms with E-state index in [4.69, 9.17) is 4.74 Å². The van der Waals surface area contributed by atoms with Crippen molar-refractivity contribution in [1.29, 1.82) is 0 Å². The summed E-state index contributed by atoms with van der Waals surface area (Å²) < 4.78 is 5.21. The Morgan fingerprint density at radius 2 is 2.00 bits per heavy atom. The van der Waals surface area contributed by atoms with Crippen LogP contribution in [0.5, 0.6) is 5.75 Å². The van der Waals surface area contributed by atoms with Crippen molar-refractivity contribution < 1.29 is 4.74 Å². The summed E-state index contributed by atoms with van der Waals surface area (Å²) >= 11 is 0. The monoisotopic (exact) mass is 255 g/mol. The van der Waals surface area contributed by atoms with Gasteiger partial charge in [0.1, 0.15) is 5.75 Å². The fourth-order valence-electron chi connectivity index (χ4n) is 3.01. The second-order valence-electron chi connectivity index (χ2n) is 5.28. The number of ether oxygens (including phenoxy) is 1. The van der Waals surface area contributed by atoms with Gasteiger partial charge < -0.3 is 10.1 Å². The number of hydrogen-bond donors (Lipinski definition) is 1. The summed E-state index contributed by atoms with van der Waals surface area (Å²) in [6, 6.07) is 8.41. The second kappa shape index (κ2) is 5.52. The number of methoxy groups -OCH3 is 1. The summed E-state index contributed by atoms with van der Waals surface area (Å²) in [5.41, 5.74) is 5.95. The van der Waals surface area contributed by atoms with E-state index in [-0.39, 0.29) is 0 Å². The lowest BCUT2D eigenvalue weighted by atomic mass is 9.86. The molecule has 0 bridgehead atoms. The molecule has 0 spiro atoms. The Labute approximate surface area is 115 Å². The van der Waals surface area contributed by atoms with Crippen molar-refractivity contribution in [3.63, 3.8) is 0 Å². The first-order valence-electron chi connectivity index (χ1n) is 7.15. The first-order valence-corrected chi connectivity index (χ1v) is 7.15. The van der Waals surface area contributed by atoms with E-state index < -0.39 is 0 Å². The molecule has 2 heteroatoms. The van der Waals surface area contributed by atoms with Crippen LogP contribution in [0.4, 0.5) is 0 Å². The number of benzene rings is 1. The average molecular weight is 255 g/mol. The van der Waals surface area contributed by atoms with Gasteiger partial charge in [-0.15, -0.1) is 0 Å². The molecule has 0 amide bonds. The van der Waals surface area contributed by atoms with Crippen molar-refractivity contribution in [2.45, 2.75) is 32.1 Å². The van der Waals surface area contributed by atoms with Gasteiger partial charge in [-0.2, -0.15) is 0 Å². The first-order chi connectivity index (χ1) is 9.36. The van der Waals surface area contributed by atoms with Crippen LogP contribution in [0.15, 0.2) is 47.2 Å². The number of fused-ring (bicyclic) bond motifs is 1. The number of rotatable bonds is 3. The predicted octanol–water partition coefficient (Wildman–Crippen LogP) is 3.60. The van der Waals surface area contributed by atoms with Crippen LogP contribution in [0.2, 0.25) is 0 Å². The quantitative estimate of drug-likeness (QED) is 0.891. The van der Waals surface area contributed by atoms with Crippen LogP contribution in [-0.4, -0.2) is 13.7 Å². The van der Waals surface area contributed by atoms with Crippen molar-refractivity contribution >= 4 is 0 Å². The van der Waals surface area contributed by atoms with Gasteiger partial charge in [-0.1, -0.05) is 18.2 Å². The van der Waals surface area contributed by atoms with E-state index in [9.17, 15) is 0 Å². The molecule has 0 atom stereocenters. The third-order valence-corrected chi connectivity index (χ3v) is 4.05. The molecule has 1 N–H and O–H groups in total. The summed E-state index contributed by atoms with van der Waals surface area (Å²) in [6.07, 6.45) is 8.44. The van der Waals surface area contributed by atoms with Crippen LogP contribution < -0.4 is 10.1 Å². The lowest BCUT2D eigenvalue weighted by Crippen LogP contribution is -2.25. The molecule has 2 nitrogen and oxygen atoms in total. The number of allylic oxidation sites excluding steroid dienone is 3. The number of nitrogens with one attached hydrogen (secondary N) is 1. The van der Waals surface area contributed by atoms with E-state index in [0.29, 0.717) is 0 Å². The van der Waals surface area contributed by atoms with Crippen LogP contribution in [-0.2, 0) is 6.42 Å². The third-order valence-electron chi connectivity index (χ3n) is 4.05. The molecule has 1 aliphatic heterocycles. The standard InChI is InChI=1S/C17H21NO/c1-19-15-8-6-13(7-9-15)12-17-16-5-3-2-4-14(16)10-11-18-17/h4,6-9,18H,2-3,5,10-12H2,1H3. The average Bonchev–Trinajstić information content (AvgIpc) is 2.48. The van der Waals surface area contributed by atoms with Gasteiger partial charge in [-0.05, 0) is 54.5 Å². The highest BCUT2D eigenvalue weighted by molar-refractivity contribution is 5.41. The normalized spacial score (nSPS) is 18.5. The minimum absolute atomic E-state index is 0.927. The van der Waals surface area contributed by atoms with Gasteiger partial charge in [0.15, 0.2) is 0 Å². The van der Waals surface area contributed by atoms with Crippen molar-refractivity contribution in [2.75, 3.05) is 13.7 Å². The molecule has 1 heterocycles. The molecular weight excluding hydrogens is 234 g/mol.